The molecule has 1 aliphatic rings. The van der Waals surface area contributed by atoms with Crippen LogP contribution < -0.4 is 4.72 Å². The third kappa shape index (κ3) is 4.26. The van der Waals surface area contributed by atoms with Crippen LogP contribution in [0.5, 0.6) is 0 Å². The van der Waals surface area contributed by atoms with Crippen LogP contribution in [0.4, 0.5) is 0 Å². The Bertz CT molecular complexity index is 522. The first kappa shape index (κ1) is 16.9. The van der Waals surface area contributed by atoms with Crippen LogP contribution in [-0.4, -0.2) is 50.3 Å². The van der Waals surface area contributed by atoms with Crippen molar-refractivity contribution in [3.63, 3.8) is 0 Å². The minimum Gasteiger partial charge on any atom is -0.294 e. The quantitative estimate of drug-likeness (QED) is 0.832. The van der Waals surface area contributed by atoms with Gasteiger partial charge >= 0.3 is 0 Å². The molecule has 0 bridgehead atoms. The van der Waals surface area contributed by atoms with Gasteiger partial charge < -0.3 is 0 Å². The fourth-order valence-corrected chi connectivity index (χ4v) is 4.50. The van der Waals surface area contributed by atoms with Crippen molar-refractivity contribution in [3.8, 4) is 0 Å². The molecule has 7 heteroatoms. The zero-order valence-corrected chi connectivity index (χ0v) is 14.6. The molecule has 2 rings (SSSR count). The van der Waals surface area contributed by atoms with Crippen molar-refractivity contribution in [1.82, 2.24) is 13.9 Å². The largest absolute Gasteiger partial charge is 0.294 e. The van der Waals surface area contributed by atoms with Crippen LogP contribution in [0.1, 0.15) is 37.6 Å². The van der Waals surface area contributed by atoms with E-state index in [1.54, 1.807) is 18.4 Å². The molecular weight excluding hydrogens is 306 g/mol. The normalized spacial score (nSPS) is 18.7. The van der Waals surface area contributed by atoms with Gasteiger partial charge in [-0.3, -0.25) is 4.90 Å². The summed E-state index contributed by atoms with van der Waals surface area (Å²) in [7, 11) is -1.80. The number of nitrogens with zero attached hydrogens (tertiary/aromatic N) is 2. The van der Waals surface area contributed by atoms with E-state index in [-0.39, 0.29) is 12.1 Å². The Morgan fingerprint density at radius 2 is 2.05 bits per heavy atom. The summed E-state index contributed by atoms with van der Waals surface area (Å²) in [6, 6.07) is 4.21. The Morgan fingerprint density at radius 1 is 1.38 bits per heavy atom. The van der Waals surface area contributed by atoms with Gasteiger partial charge in [0.2, 0.25) is 0 Å². The first-order chi connectivity index (χ1) is 9.92. The molecule has 5 nitrogen and oxygen atoms in total. The van der Waals surface area contributed by atoms with Gasteiger partial charge in [0.15, 0.2) is 0 Å². The second kappa shape index (κ2) is 7.19. The monoisotopic (exact) mass is 331 g/mol. The van der Waals surface area contributed by atoms with Crippen LogP contribution in [-0.2, 0) is 10.2 Å². The van der Waals surface area contributed by atoms with Gasteiger partial charge in [-0.2, -0.15) is 12.7 Å². The SMILES string of the molecule is CC(C)N(C)S(=O)(=O)NC[C@@H](c1cccs1)N1CCCC1. The molecule has 2 heterocycles. The van der Waals surface area contributed by atoms with Gasteiger partial charge in [0.1, 0.15) is 0 Å². The van der Waals surface area contributed by atoms with E-state index < -0.39 is 10.2 Å². The van der Waals surface area contributed by atoms with Gasteiger partial charge in [-0.15, -0.1) is 11.3 Å². The summed E-state index contributed by atoms with van der Waals surface area (Å²) in [6.45, 7) is 6.27. The average molecular weight is 332 g/mol. The molecule has 21 heavy (non-hydrogen) atoms. The van der Waals surface area contributed by atoms with E-state index in [1.165, 1.54) is 22.0 Å². The molecule has 0 spiro atoms. The van der Waals surface area contributed by atoms with E-state index in [0.717, 1.165) is 13.1 Å². The summed E-state index contributed by atoms with van der Waals surface area (Å²) in [5.74, 6) is 0. The first-order valence-corrected chi connectivity index (χ1v) is 9.74. The lowest BCUT2D eigenvalue weighted by molar-refractivity contribution is 0.248. The van der Waals surface area contributed by atoms with E-state index in [2.05, 4.69) is 15.7 Å². The highest BCUT2D eigenvalue weighted by atomic mass is 32.2. The van der Waals surface area contributed by atoms with Crippen molar-refractivity contribution in [2.75, 3.05) is 26.7 Å². The number of nitrogens with one attached hydrogen (secondary N) is 1. The van der Waals surface area contributed by atoms with E-state index in [4.69, 9.17) is 0 Å². The van der Waals surface area contributed by atoms with E-state index in [1.807, 2.05) is 25.3 Å². The highest BCUT2D eigenvalue weighted by Crippen LogP contribution is 2.28. The fraction of sp³-hybridized carbons (Fsp3) is 0.714. The molecule has 0 saturated carbocycles. The molecule has 1 N–H and O–H groups in total. The molecule has 0 amide bonds. The predicted octanol–water partition coefficient (Wildman–Crippen LogP) is 2.06. The van der Waals surface area contributed by atoms with Crippen LogP contribution >= 0.6 is 11.3 Å². The molecule has 120 valence electrons. The third-order valence-electron chi connectivity index (χ3n) is 4.02. The zero-order chi connectivity index (χ0) is 15.5. The maximum absolute atomic E-state index is 12.3. The Morgan fingerprint density at radius 3 is 2.57 bits per heavy atom. The molecule has 1 fully saturated rings. The second-order valence-corrected chi connectivity index (χ2v) is 8.53. The molecule has 1 aliphatic heterocycles. The number of hydrogen-bond acceptors (Lipinski definition) is 4. The molecule has 1 aromatic rings. The van der Waals surface area contributed by atoms with Crippen molar-refractivity contribution in [1.29, 1.82) is 0 Å². The van der Waals surface area contributed by atoms with Crippen LogP contribution in [0.25, 0.3) is 0 Å². The number of hydrogen-bond donors (Lipinski definition) is 1. The van der Waals surface area contributed by atoms with E-state index >= 15 is 0 Å². The van der Waals surface area contributed by atoms with Crippen molar-refractivity contribution in [2.45, 2.75) is 38.8 Å². The minimum atomic E-state index is -3.41. The topological polar surface area (TPSA) is 52.7 Å². The van der Waals surface area contributed by atoms with E-state index in [9.17, 15) is 8.42 Å². The Labute approximate surface area is 132 Å². The lowest BCUT2D eigenvalue weighted by Crippen LogP contribution is -2.45. The highest BCUT2D eigenvalue weighted by molar-refractivity contribution is 7.87. The summed E-state index contributed by atoms with van der Waals surface area (Å²) in [5, 5.41) is 2.05. The molecule has 0 aromatic carbocycles. The highest BCUT2D eigenvalue weighted by Gasteiger charge is 2.27. The van der Waals surface area contributed by atoms with Crippen LogP contribution in [0.15, 0.2) is 17.5 Å². The number of thiophene rings is 1. The average Bonchev–Trinajstić information content (AvgIpc) is 3.10. The second-order valence-electron chi connectivity index (χ2n) is 5.74. The summed E-state index contributed by atoms with van der Waals surface area (Å²) in [4.78, 5) is 3.61. The molecule has 1 saturated heterocycles. The Kier molecular flexibility index (Phi) is 5.79. The summed E-state index contributed by atoms with van der Waals surface area (Å²) in [6.07, 6.45) is 2.39. The lowest BCUT2D eigenvalue weighted by atomic mass is 10.2. The summed E-state index contributed by atoms with van der Waals surface area (Å²) < 4.78 is 28.7. The van der Waals surface area contributed by atoms with Crippen LogP contribution in [0.2, 0.25) is 0 Å². The van der Waals surface area contributed by atoms with Gasteiger partial charge in [-0.05, 0) is 51.2 Å². The minimum absolute atomic E-state index is 0.0468. The number of likely N-dealkylation sites (tertiary alicyclic amines) is 1. The van der Waals surface area contributed by atoms with Gasteiger partial charge in [-0.25, -0.2) is 4.72 Å². The van der Waals surface area contributed by atoms with Gasteiger partial charge in [-0.1, -0.05) is 6.07 Å². The first-order valence-electron chi connectivity index (χ1n) is 7.42. The van der Waals surface area contributed by atoms with Crippen LogP contribution in [0, 0.1) is 0 Å². The van der Waals surface area contributed by atoms with E-state index in [0.29, 0.717) is 6.54 Å². The van der Waals surface area contributed by atoms with Crippen LogP contribution in [0.3, 0.4) is 0 Å². The molecule has 0 unspecified atom stereocenters. The summed E-state index contributed by atoms with van der Waals surface area (Å²) >= 11 is 1.69. The zero-order valence-electron chi connectivity index (χ0n) is 12.9. The molecule has 0 radical (unpaired) electrons. The van der Waals surface area contributed by atoms with Crippen molar-refractivity contribution >= 4 is 21.5 Å². The standard InChI is InChI=1S/C14H25N3O2S2/c1-12(2)16(3)21(18,19)15-11-13(14-7-6-10-20-14)17-8-4-5-9-17/h6-7,10,12-13,15H,4-5,8-9,11H2,1-3H3/t13-/m0/s1. The third-order valence-corrected chi connectivity index (χ3v) is 6.70. The maximum atomic E-state index is 12.3. The smallest absolute Gasteiger partial charge is 0.279 e. The molecular formula is C14H25N3O2S2. The summed E-state index contributed by atoms with van der Waals surface area (Å²) in [5.41, 5.74) is 0. The van der Waals surface area contributed by atoms with Crippen molar-refractivity contribution in [2.24, 2.45) is 0 Å². The van der Waals surface area contributed by atoms with Crippen molar-refractivity contribution < 1.29 is 8.42 Å². The Hall–Kier alpha value is -0.470. The molecule has 1 aromatic heterocycles. The van der Waals surface area contributed by atoms with Crippen molar-refractivity contribution in [3.05, 3.63) is 22.4 Å². The fourth-order valence-electron chi connectivity index (χ4n) is 2.51. The van der Waals surface area contributed by atoms with Gasteiger partial charge in [0.05, 0.1) is 6.04 Å². The predicted molar refractivity (Wildman–Crippen MR) is 87.7 cm³/mol. The molecule has 1 atom stereocenters. The van der Waals surface area contributed by atoms with Gasteiger partial charge in [0.25, 0.3) is 10.2 Å². The Balaban J connectivity index is 2.06. The molecule has 0 aliphatic carbocycles. The number of rotatable bonds is 7. The lowest BCUT2D eigenvalue weighted by Gasteiger charge is -2.28. The van der Waals surface area contributed by atoms with Gasteiger partial charge in [0, 0.05) is 24.5 Å². The maximum Gasteiger partial charge on any atom is 0.279 e.